The summed E-state index contributed by atoms with van der Waals surface area (Å²) in [6.45, 7) is 2.05. The van der Waals surface area contributed by atoms with E-state index in [0.29, 0.717) is 0 Å². The van der Waals surface area contributed by atoms with Gasteiger partial charge in [0.05, 0.1) is 0 Å². The molecule has 0 bridgehead atoms. The van der Waals surface area contributed by atoms with E-state index in [0.717, 1.165) is 0 Å². The summed E-state index contributed by atoms with van der Waals surface area (Å²) in [5.74, 6) is 0. The maximum Gasteiger partial charge on any atom is 0.0272 e. The number of hydrogen-bond acceptors (Lipinski definition) is 1. The van der Waals surface area contributed by atoms with Crippen LogP contribution in [0.1, 0.15) is 29.7 Å². The second-order valence-electron chi connectivity index (χ2n) is 4.44. The summed E-state index contributed by atoms with van der Waals surface area (Å²) in [5.41, 5.74) is 10.3. The van der Waals surface area contributed by atoms with E-state index in [1.54, 1.807) is 0 Å². The molecule has 1 nitrogen and oxygen atoms in total. The molecule has 0 heterocycles. The van der Waals surface area contributed by atoms with Crippen molar-refractivity contribution >= 4 is 10.8 Å². The van der Waals surface area contributed by atoms with Crippen LogP contribution in [0.3, 0.4) is 0 Å². The van der Waals surface area contributed by atoms with E-state index in [9.17, 15) is 0 Å². The van der Waals surface area contributed by atoms with Gasteiger partial charge in [0.1, 0.15) is 0 Å². The minimum atomic E-state index is 0.120. The maximum absolute atomic E-state index is 6.00. The Labute approximate surface area is 89.9 Å². The van der Waals surface area contributed by atoms with Crippen molar-refractivity contribution in [2.45, 2.75) is 25.8 Å². The molecule has 0 aliphatic heterocycles. The third-order valence-corrected chi connectivity index (χ3v) is 3.40. The molecule has 15 heavy (non-hydrogen) atoms. The lowest BCUT2D eigenvalue weighted by Gasteiger charge is -2.11. The molecule has 76 valence electrons. The van der Waals surface area contributed by atoms with Crippen LogP contribution in [0.5, 0.6) is 0 Å². The Kier molecular flexibility index (Phi) is 1.83. The van der Waals surface area contributed by atoms with Gasteiger partial charge in [0, 0.05) is 6.04 Å². The van der Waals surface area contributed by atoms with E-state index in [4.69, 9.17) is 5.73 Å². The molecular weight excluding hydrogens is 182 g/mol. The van der Waals surface area contributed by atoms with Gasteiger partial charge >= 0.3 is 0 Å². The molecule has 2 N–H and O–H groups in total. The van der Waals surface area contributed by atoms with Gasteiger partial charge in [-0.3, -0.25) is 0 Å². The van der Waals surface area contributed by atoms with Crippen LogP contribution in [0.2, 0.25) is 0 Å². The highest BCUT2D eigenvalue weighted by atomic mass is 14.6. The Balaban J connectivity index is 2.43. The fourth-order valence-corrected chi connectivity index (χ4v) is 2.67. The fourth-order valence-electron chi connectivity index (χ4n) is 2.67. The Morgan fingerprint density at radius 1 is 1.07 bits per heavy atom. The molecule has 2 aromatic rings. The minimum Gasteiger partial charge on any atom is -0.324 e. The fraction of sp³-hybridized carbons (Fsp3) is 0.286. The van der Waals surface area contributed by atoms with E-state index < -0.39 is 0 Å². The highest BCUT2D eigenvalue weighted by molar-refractivity contribution is 5.93. The first-order valence-corrected chi connectivity index (χ1v) is 5.56. The largest absolute Gasteiger partial charge is 0.324 e. The SMILES string of the molecule is C[C@H](N)c1ccc2c3c(cccc13)CC2. The predicted octanol–water partition coefficient (Wildman–Crippen LogP) is 2.96. The van der Waals surface area contributed by atoms with Crippen LogP contribution in [0, 0.1) is 0 Å². The average Bonchev–Trinajstić information content (AvgIpc) is 2.64. The second-order valence-corrected chi connectivity index (χ2v) is 4.44. The summed E-state index contributed by atoms with van der Waals surface area (Å²) < 4.78 is 0. The maximum atomic E-state index is 6.00. The van der Waals surface area contributed by atoms with Crippen molar-refractivity contribution in [1.29, 1.82) is 0 Å². The molecule has 1 aliphatic carbocycles. The van der Waals surface area contributed by atoms with E-state index >= 15 is 0 Å². The second kappa shape index (κ2) is 3.07. The third-order valence-electron chi connectivity index (χ3n) is 3.40. The molecule has 0 radical (unpaired) electrons. The standard InChI is InChI=1S/C14H15N/c1-9(15)12-8-7-11-6-5-10-3-2-4-13(12)14(10)11/h2-4,7-9H,5-6,15H2,1H3/t9-/m0/s1. The van der Waals surface area contributed by atoms with Crippen LogP contribution in [0.15, 0.2) is 30.3 Å². The van der Waals surface area contributed by atoms with Crippen molar-refractivity contribution in [2.24, 2.45) is 5.73 Å². The highest BCUT2D eigenvalue weighted by Gasteiger charge is 2.16. The molecule has 0 saturated carbocycles. The molecular formula is C14H15N. The Hall–Kier alpha value is -1.34. The van der Waals surface area contributed by atoms with E-state index in [-0.39, 0.29) is 6.04 Å². The topological polar surface area (TPSA) is 26.0 Å². The smallest absolute Gasteiger partial charge is 0.0272 e. The number of hydrogen-bond donors (Lipinski definition) is 1. The first-order chi connectivity index (χ1) is 7.27. The molecule has 1 heteroatoms. The van der Waals surface area contributed by atoms with Crippen LogP contribution in [0.25, 0.3) is 10.8 Å². The van der Waals surface area contributed by atoms with Gasteiger partial charge in [-0.15, -0.1) is 0 Å². The third kappa shape index (κ3) is 1.20. The summed E-state index contributed by atoms with van der Waals surface area (Å²) in [5, 5.41) is 2.82. The Morgan fingerprint density at radius 2 is 1.80 bits per heavy atom. The normalized spacial score (nSPS) is 15.9. The van der Waals surface area contributed by atoms with Crippen molar-refractivity contribution in [3.63, 3.8) is 0 Å². The first-order valence-electron chi connectivity index (χ1n) is 5.56. The van der Waals surface area contributed by atoms with Gasteiger partial charge < -0.3 is 5.73 Å². The zero-order chi connectivity index (χ0) is 10.4. The lowest BCUT2D eigenvalue weighted by molar-refractivity contribution is 0.826. The van der Waals surface area contributed by atoms with E-state index in [1.165, 1.54) is 40.3 Å². The van der Waals surface area contributed by atoms with Gasteiger partial charge in [-0.25, -0.2) is 0 Å². The Morgan fingerprint density at radius 3 is 2.53 bits per heavy atom. The van der Waals surface area contributed by atoms with E-state index in [1.807, 2.05) is 0 Å². The van der Waals surface area contributed by atoms with Gasteiger partial charge in [-0.2, -0.15) is 0 Å². The van der Waals surface area contributed by atoms with Crippen LogP contribution >= 0.6 is 0 Å². The van der Waals surface area contributed by atoms with Crippen LogP contribution in [0.4, 0.5) is 0 Å². The molecule has 3 rings (SSSR count). The van der Waals surface area contributed by atoms with Gasteiger partial charge in [0.15, 0.2) is 0 Å². The van der Waals surface area contributed by atoms with Crippen LogP contribution < -0.4 is 5.73 Å². The molecule has 0 amide bonds. The van der Waals surface area contributed by atoms with Crippen molar-refractivity contribution < 1.29 is 0 Å². The first kappa shape index (κ1) is 8.93. The number of aryl methyl sites for hydroxylation is 2. The zero-order valence-corrected chi connectivity index (χ0v) is 8.96. The van der Waals surface area contributed by atoms with Gasteiger partial charge in [0.25, 0.3) is 0 Å². The number of nitrogens with two attached hydrogens (primary N) is 1. The molecule has 0 fully saturated rings. The van der Waals surface area contributed by atoms with Gasteiger partial charge in [0.2, 0.25) is 0 Å². The monoisotopic (exact) mass is 197 g/mol. The summed E-state index contributed by atoms with van der Waals surface area (Å²) in [7, 11) is 0. The zero-order valence-electron chi connectivity index (χ0n) is 8.96. The number of benzene rings is 2. The molecule has 0 spiro atoms. The van der Waals surface area contributed by atoms with Crippen LogP contribution in [-0.4, -0.2) is 0 Å². The quantitative estimate of drug-likeness (QED) is 0.747. The summed E-state index contributed by atoms with van der Waals surface area (Å²) in [6, 6.07) is 11.2. The molecule has 1 atom stereocenters. The van der Waals surface area contributed by atoms with Crippen molar-refractivity contribution in [3.05, 3.63) is 47.0 Å². The van der Waals surface area contributed by atoms with Gasteiger partial charge in [-0.05, 0) is 47.2 Å². The lowest BCUT2D eigenvalue weighted by atomic mass is 9.97. The lowest BCUT2D eigenvalue weighted by Crippen LogP contribution is -2.05. The molecule has 0 saturated heterocycles. The molecule has 0 aromatic heterocycles. The predicted molar refractivity (Wildman–Crippen MR) is 64.0 cm³/mol. The summed E-state index contributed by atoms with van der Waals surface area (Å²) in [6.07, 6.45) is 2.38. The summed E-state index contributed by atoms with van der Waals surface area (Å²) in [4.78, 5) is 0. The highest BCUT2D eigenvalue weighted by Crippen LogP contribution is 2.34. The van der Waals surface area contributed by atoms with Crippen LogP contribution in [-0.2, 0) is 12.8 Å². The number of rotatable bonds is 1. The van der Waals surface area contributed by atoms with Crippen molar-refractivity contribution in [2.75, 3.05) is 0 Å². The molecule has 2 aromatic carbocycles. The van der Waals surface area contributed by atoms with Crippen molar-refractivity contribution in [3.8, 4) is 0 Å². The van der Waals surface area contributed by atoms with Crippen molar-refractivity contribution in [1.82, 2.24) is 0 Å². The average molecular weight is 197 g/mol. The van der Waals surface area contributed by atoms with E-state index in [2.05, 4.69) is 37.3 Å². The Bertz CT molecular complexity index is 516. The van der Waals surface area contributed by atoms with Gasteiger partial charge in [-0.1, -0.05) is 30.3 Å². The minimum absolute atomic E-state index is 0.120. The molecule has 0 unspecified atom stereocenters. The molecule has 1 aliphatic rings. The summed E-state index contributed by atoms with van der Waals surface area (Å²) >= 11 is 0.